The van der Waals surface area contributed by atoms with Crippen LogP contribution in [0.25, 0.3) is 0 Å². The number of carbonyl (C=O) groups excluding carboxylic acids is 1. The lowest BCUT2D eigenvalue weighted by atomic mass is 9.89. The molecule has 1 saturated carbocycles. The van der Waals surface area contributed by atoms with E-state index in [1.54, 1.807) is 20.2 Å². The van der Waals surface area contributed by atoms with Gasteiger partial charge in [-0.3, -0.25) is 4.79 Å². The molecule has 0 spiro atoms. The molecule has 6 nitrogen and oxygen atoms in total. The second-order valence-electron chi connectivity index (χ2n) is 7.82. The molecular weight excluding hydrogens is 462 g/mol. The van der Waals surface area contributed by atoms with Crippen molar-refractivity contribution in [2.75, 3.05) is 20.6 Å². The van der Waals surface area contributed by atoms with Crippen LogP contribution in [0, 0.1) is 5.82 Å². The van der Waals surface area contributed by atoms with Crippen LogP contribution in [0.4, 0.5) is 4.39 Å². The van der Waals surface area contributed by atoms with E-state index < -0.39 is 5.60 Å². The Morgan fingerprint density at radius 1 is 1.33 bits per heavy atom. The molecule has 1 heterocycles. The second-order valence-corrected chi connectivity index (χ2v) is 7.82. The molecule has 2 aliphatic rings. The van der Waals surface area contributed by atoms with Crippen LogP contribution in [0.2, 0.25) is 0 Å². The quantitative estimate of drug-likeness (QED) is 0.387. The van der Waals surface area contributed by atoms with E-state index >= 15 is 0 Å². The van der Waals surface area contributed by atoms with Gasteiger partial charge in [0, 0.05) is 38.2 Å². The summed E-state index contributed by atoms with van der Waals surface area (Å²) in [5.74, 6) is 0.785. The summed E-state index contributed by atoms with van der Waals surface area (Å²) in [5, 5.41) is 6.77. The number of hydrogen-bond donors (Lipinski definition) is 2. The summed E-state index contributed by atoms with van der Waals surface area (Å²) in [4.78, 5) is 17.8. The van der Waals surface area contributed by atoms with Gasteiger partial charge in [0.05, 0.1) is 6.04 Å². The Balaban J connectivity index is 0.00000261. The highest BCUT2D eigenvalue weighted by Gasteiger charge is 2.35. The van der Waals surface area contributed by atoms with Gasteiger partial charge in [-0.25, -0.2) is 9.38 Å². The molecule has 1 amide bonds. The molecule has 27 heavy (non-hydrogen) atoms. The van der Waals surface area contributed by atoms with Crippen molar-refractivity contribution in [1.29, 1.82) is 0 Å². The van der Waals surface area contributed by atoms with Gasteiger partial charge in [0.2, 0.25) is 5.91 Å². The van der Waals surface area contributed by atoms with Gasteiger partial charge in [-0.15, -0.1) is 24.0 Å². The number of ether oxygens (including phenoxy) is 1. The molecule has 0 radical (unpaired) electrons. The van der Waals surface area contributed by atoms with Crippen molar-refractivity contribution in [3.8, 4) is 5.75 Å². The van der Waals surface area contributed by atoms with Crippen LogP contribution in [-0.2, 0) is 4.79 Å². The number of nitrogens with zero attached hydrogens (tertiary/aromatic N) is 2. The van der Waals surface area contributed by atoms with Crippen molar-refractivity contribution in [1.82, 2.24) is 15.5 Å². The van der Waals surface area contributed by atoms with E-state index in [0.29, 0.717) is 24.2 Å². The van der Waals surface area contributed by atoms with Crippen LogP contribution in [-0.4, -0.2) is 49.0 Å². The molecule has 1 aromatic rings. The fourth-order valence-electron chi connectivity index (χ4n) is 2.96. The van der Waals surface area contributed by atoms with Crippen molar-refractivity contribution >= 4 is 35.8 Å². The third-order valence-corrected chi connectivity index (χ3v) is 4.53. The Morgan fingerprint density at radius 3 is 2.67 bits per heavy atom. The van der Waals surface area contributed by atoms with Crippen LogP contribution in [0.3, 0.4) is 0 Å². The first-order chi connectivity index (χ1) is 12.2. The predicted octanol–water partition coefficient (Wildman–Crippen LogP) is 2.83. The third kappa shape index (κ3) is 5.95. The molecule has 8 heteroatoms. The van der Waals surface area contributed by atoms with Gasteiger partial charge in [-0.1, -0.05) is 6.07 Å². The average molecular weight is 490 g/mol. The SMILES string of the molecule is CN(C)C(=O)CN=C(NC1CC1)NC1CC(C)(C)Oc2cc(F)ccc21.I. The number of rotatable bonds is 4. The largest absolute Gasteiger partial charge is 0.487 e. The number of nitrogens with one attached hydrogen (secondary N) is 2. The Morgan fingerprint density at radius 2 is 2.04 bits per heavy atom. The van der Waals surface area contributed by atoms with Crippen LogP contribution < -0.4 is 15.4 Å². The minimum absolute atomic E-state index is 0. The number of benzene rings is 1. The minimum Gasteiger partial charge on any atom is -0.487 e. The van der Waals surface area contributed by atoms with Crippen LogP contribution in [0.15, 0.2) is 23.2 Å². The average Bonchev–Trinajstić information content (AvgIpc) is 3.34. The van der Waals surface area contributed by atoms with Gasteiger partial charge in [0.25, 0.3) is 0 Å². The van der Waals surface area contributed by atoms with E-state index in [4.69, 9.17) is 4.74 Å². The minimum atomic E-state index is -0.428. The van der Waals surface area contributed by atoms with Gasteiger partial charge < -0.3 is 20.3 Å². The predicted molar refractivity (Wildman–Crippen MR) is 114 cm³/mol. The van der Waals surface area contributed by atoms with Crippen LogP contribution in [0.5, 0.6) is 5.75 Å². The Labute approximate surface area is 177 Å². The number of likely N-dealkylation sites (N-methyl/N-ethyl adjacent to an activating group) is 1. The van der Waals surface area contributed by atoms with Crippen molar-refractivity contribution in [3.63, 3.8) is 0 Å². The summed E-state index contributed by atoms with van der Waals surface area (Å²) in [7, 11) is 3.43. The van der Waals surface area contributed by atoms with E-state index in [0.717, 1.165) is 18.4 Å². The molecule has 0 bridgehead atoms. The number of amides is 1. The van der Waals surface area contributed by atoms with E-state index in [9.17, 15) is 9.18 Å². The molecule has 3 rings (SSSR count). The maximum absolute atomic E-state index is 13.6. The first-order valence-electron chi connectivity index (χ1n) is 9.00. The normalized spacial score (nSPS) is 20.6. The standard InChI is InChI=1S/C19H27FN4O2.HI/c1-19(2)10-15(14-8-5-12(20)9-16(14)26-19)23-18(22-13-6-7-13)21-11-17(25)24(3)4;/h5,8-9,13,15H,6-7,10-11H2,1-4H3,(H2,21,22,23);1H. The number of aliphatic imine (C=N–C) groups is 1. The lowest BCUT2D eigenvalue weighted by molar-refractivity contribution is -0.127. The monoisotopic (exact) mass is 490 g/mol. The molecule has 1 aliphatic carbocycles. The highest BCUT2D eigenvalue weighted by molar-refractivity contribution is 14.0. The zero-order chi connectivity index (χ0) is 18.9. The summed E-state index contributed by atoms with van der Waals surface area (Å²) in [5.41, 5.74) is 0.470. The zero-order valence-corrected chi connectivity index (χ0v) is 18.5. The van der Waals surface area contributed by atoms with Gasteiger partial charge in [-0.2, -0.15) is 0 Å². The first kappa shape index (κ1) is 21.7. The second kappa shape index (κ2) is 8.62. The van der Waals surface area contributed by atoms with Crippen molar-refractivity contribution < 1.29 is 13.9 Å². The Hall–Kier alpha value is -1.58. The van der Waals surface area contributed by atoms with E-state index in [1.165, 1.54) is 17.0 Å². The lowest BCUT2D eigenvalue weighted by Crippen LogP contribution is -2.46. The molecule has 1 aliphatic heterocycles. The van der Waals surface area contributed by atoms with Crippen LogP contribution >= 0.6 is 24.0 Å². The molecule has 1 fully saturated rings. The van der Waals surface area contributed by atoms with E-state index in [2.05, 4.69) is 15.6 Å². The first-order valence-corrected chi connectivity index (χ1v) is 9.00. The molecule has 1 unspecified atom stereocenters. The number of fused-ring (bicyclic) bond motifs is 1. The lowest BCUT2D eigenvalue weighted by Gasteiger charge is -2.38. The number of carbonyl (C=O) groups is 1. The highest BCUT2D eigenvalue weighted by Crippen LogP contribution is 2.39. The molecule has 1 atom stereocenters. The zero-order valence-electron chi connectivity index (χ0n) is 16.2. The number of hydrogen-bond acceptors (Lipinski definition) is 3. The molecule has 0 saturated heterocycles. The van der Waals surface area contributed by atoms with Gasteiger partial charge in [0.1, 0.15) is 23.7 Å². The number of guanidine groups is 1. The molecule has 150 valence electrons. The van der Waals surface area contributed by atoms with Gasteiger partial charge >= 0.3 is 0 Å². The molecule has 1 aromatic carbocycles. The van der Waals surface area contributed by atoms with E-state index in [-0.39, 0.29) is 48.3 Å². The van der Waals surface area contributed by atoms with Crippen LogP contribution in [0.1, 0.15) is 44.7 Å². The third-order valence-electron chi connectivity index (χ3n) is 4.53. The number of halogens is 2. The van der Waals surface area contributed by atoms with E-state index in [1.807, 2.05) is 13.8 Å². The van der Waals surface area contributed by atoms with Gasteiger partial charge in [-0.05, 0) is 32.8 Å². The maximum Gasteiger partial charge on any atom is 0.243 e. The fourth-order valence-corrected chi connectivity index (χ4v) is 2.96. The van der Waals surface area contributed by atoms with Crippen molar-refractivity contribution in [3.05, 3.63) is 29.6 Å². The molecule has 2 N–H and O–H groups in total. The molecular formula is C19H28FIN4O2. The summed E-state index contributed by atoms with van der Waals surface area (Å²) in [6, 6.07) is 4.93. The highest BCUT2D eigenvalue weighted by atomic mass is 127. The summed E-state index contributed by atoms with van der Waals surface area (Å²) in [6.45, 7) is 4.05. The summed E-state index contributed by atoms with van der Waals surface area (Å²) >= 11 is 0. The fraction of sp³-hybridized carbons (Fsp3) is 0.579. The maximum atomic E-state index is 13.6. The Kier molecular flexibility index (Phi) is 6.93. The topological polar surface area (TPSA) is 66.0 Å². The molecule has 0 aromatic heterocycles. The van der Waals surface area contributed by atoms with Crippen molar-refractivity contribution in [2.45, 2.75) is 50.8 Å². The summed E-state index contributed by atoms with van der Waals surface area (Å²) in [6.07, 6.45) is 2.91. The van der Waals surface area contributed by atoms with Crippen molar-refractivity contribution in [2.24, 2.45) is 4.99 Å². The van der Waals surface area contributed by atoms with Gasteiger partial charge in [0.15, 0.2) is 5.96 Å². The smallest absolute Gasteiger partial charge is 0.243 e. The Bertz CT molecular complexity index is 720. The summed E-state index contributed by atoms with van der Waals surface area (Å²) < 4.78 is 19.6.